The summed E-state index contributed by atoms with van der Waals surface area (Å²) < 4.78 is 38.4. The van der Waals surface area contributed by atoms with Gasteiger partial charge in [-0.25, -0.2) is 0 Å². The number of aliphatic hydroxyl groups excluding tert-OH is 3. The van der Waals surface area contributed by atoms with Crippen molar-refractivity contribution in [3.05, 3.63) is 71.8 Å². The summed E-state index contributed by atoms with van der Waals surface area (Å²) >= 11 is 0. The molecule has 362 valence electrons. The Morgan fingerprint density at radius 1 is 0.939 bits per heavy atom. The number of rotatable bonds is 26. The molecule has 1 unspecified atom stereocenters. The highest BCUT2D eigenvalue weighted by atomic mass is 16.8. The summed E-state index contributed by atoms with van der Waals surface area (Å²) in [6.45, 7) is 5.39. The summed E-state index contributed by atoms with van der Waals surface area (Å²) in [7, 11) is 1.52. The molecule has 66 heavy (non-hydrogen) atoms. The van der Waals surface area contributed by atoms with E-state index in [1.54, 1.807) is 24.3 Å². The van der Waals surface area contributed by atoms with E-state index in [9.17, 15) is 24.9 Å². The molecule has 1 amide bonds. The van der Waals surface area contributed by atoms with Crippen molar-refractivity contribution in [2.45, 2.75) is 127 Å². The van der Waals surface area contributed by atoms with E-state index in [-0.39, 0.29) is 76.3 Å². The van der Waals surface area contributed by atoms with Gasteiger partial charge in [-0.1, -0.05) is 55.8 Å². The van der Waals surface area contributed by atoms with Crippen LogP contribution in [0.2, 0.25) is 0 Å². The normalized spacial score (nSPS) is 26.4. The lowest BCUT2D eigenvalue weighted by Crippen LogP contribution is -2.70. The maximum atomic E-state index is 15.0. The SMILES string of the molecule is C=CCO[C@@]12Oc3ccc(Oc4ccc(OC)c(C=O)c4)cc3[C@H]3[C@H](CCCCO)[C@@H](CCCCO)C=C(C(=NOC4CCCCO4)C[C@@H]1N(CCOCCO)C(=O)CCC1CCCC1)[C@H]32. The summed E-state index contributed by atoms with van der Waals surface area (Å²) in [6.07, 6.45) is 17.4. The van der Waals surface area contributed by atoms with Gasteiger partial charge >= 0.3 is 0 Å². The molecular formula is C52H72N2O12. The second kappa shape index (κ2) is 24.6. The lowest BCUT2D eigenvalue weighted by Gasteiger charge is -2.60. The number of hydrogen-bond donors (Lipinski definition) is 3. The topological polar surface area (TPSA) is 175 Å². The van der Waals surface area contributed by atoms with E-state index in [2.05, 4.69) is 12.7 Å². The van der Waals surface area contributed by atoms with E-state index in [0.717, 1.165) is 75.2 Å². The number of hydrogen-bond acceptors (Lipinski definition) is 13. The average Bonchev–Trinajstić information content (AvgIpc) is 3.87. The number of allylic oxidation sites excluding steroid dienone is 1. The van der Waals surface area contributed by atoms with Gasteiger partial charge in [0.25, 0.3) is 0 Å². The number of nitrogens with zero attached hydrogens (tertiary/aromatic N) is 2. The third-order valence-electron chi connectivity index (χ3n) is 14.3. The van der Waals surface area contributed by atoms with E-state index >= 15 is 0 Å². The predicted molar refractivity (Wildman–Crippen MR) is 249 cm³/mol. The van der Waals surface area contributed by atoms with Crippen molar-refractivity contribution in [2.75, 3.05) is 59.9 Å². The van der Waals surface area contributed by atoms with Crippen molar-refractivity contribution >= 4 is 17.9 Å². The number of benzene rings is 2. The van der Waals surface area contributed by atoms with Gasteiger partial charge in [-0.3, -0.25) is 9.59 Å². The Morgan fingerprint density at radius 2 is 1.71 bits per heavy atom. The maximum Gasteiger partial charge on any atom is 0.239 e. The zero-order chi connectivity index (χ0) is 46.3. The van der Waals surface area contributed by atoms with Crippen LogP contribution >= 0.6 is 0 Å². The summed E-state index contributed by atoms with van der Waals surface area (Å²) in [5.74, 6) is 0.388. The highest BCUT2D eigenvalue weighted by Gasteiger charge is 2.65. The first-order valence-electron chi connectivity index (χ1n) is 24.5. The zero-order valence-electron chi connectivity index (χ0n) is 38.8. The van der Waals surface area contributed by atoms with Crippen LogP contribution in [0.15, 0.2) is 65.9 Å². The molecule has 7 atom stereocenters. The molecule has 0 radical (unpaired) electrons. The van der Waals surface area contributed by atoms with E-state index in [4.69, 9.17) is 38.4 Å². The molecule has 2 aliphatic heterocycles. The van der Waals surface area contributed by atoms with Gasteiger partial charge in [0.1, 0.15) is 29.0 Å². The standard InChI is InChI=1S/C52H72N2O12/c1-3-27-63-52-47(54(23-29-61-30-26-57)48(59)22-17-36-12-4-5-13-36)34-44(53-66-49-16-8-11-28-62-49)42-32-37(14-6-9-24-55)41(15-7-10-25-56)50(51(42)52)43-33-40(19-21-46(43)65-52)64-39-18-20-45(60-2)38(31-39)35-58/h3,18-21,31-33,35-37,41,47,49-51,55-57H,1,4-17,22-30,34H2,2H3/t37-,41+,47-,49?,50+,51+,52+/m0/s1. The highest BCUT2D eigenvalue weighted by Crippen LogP contribution is 2.62. The van der Waals surface area contributed by atoms with Crippen LogP contribution < -0.4 is 14.2 Å². The largest absolute Gasteiger partial charge is 0.496 e. The first kappa shape index (κ1) is 49.6. The molecular weight excluding hydrogens is 845 g/mol. The average molecular weight is 917 g/mol. The predicted octanol–water partition coefficient (Wildman–Crippen LogP) is 8.27. The molecule has 1 saturated heterocycles. The van der Waals surface area contributed by atoms with Crippen LogP contribution in [-0.4, -0.2) is 116 Å². The minimum absolute atomic E-state index is 0.0123. The van der Waals surface area contributed by atoms with Crippen molar-refractivity contribution < 1.29 is 58.2 Å². The molecule has 2 aromatic carbocycles. The third-order valence-corrected chi connectivity index (χ3v) is 14.3. The van der Waals surface area contributed by atoms with Gasteiger partial charge in [-0.15, -0.1) is 6.58 Å². The molecule has 3 fully saturated rings. The van der Waals surface area contributed by atoms with E-state index in [0.29, 0.717) is 72.5 Å². The molecule has 0 bridgehead atoms. The van der Waals surface area contributed by atoms with Gasteiger partial charge in [0, 0.05) is 50.5 Å². The number of amides is 1. The number of carbonyl (C=O) groups is 2. The van der Waals surface area contributed by atoms with Crippen LogP contribution in [0, 0.1) is 23.7 Å². The highest BCUT2D eigenvalue weighted by molar-refractivity contribution is 6.03. The number of unbranched alkanes of at least 4 members (excludes halogenated alkanes) is 2. The molecule has 3 aliphatic carbocycles. The third kappa shape index (κ3) is 11.7. The minimum atomic E-state index is -1.43. The number of methoxy groups -OCH3 is 1. The van der Waals surface area contributed by atoms with Gasteiger partial charge in [-0.2, -0.15) is 0 Å². The Hall–Kier alpha value is -4.31. The molecule has 0 aromatic heterocycles. The van der Waals surface area contributed by atoms with Gasteiger partial charge < -0.3 is 53.5 Å². The quantitative estimate of drug-likeness (QED) is 0.0357. The van der Waals surface area contributed by atoms with Crippen LogP contribution in [0.4, 0.5) is 0 Å². The Labute approximate surface area is 390 Å². The number of aliphatic hydroxyl groups is 3. The molecule has 2 saturated carbocycles. The van der Waals surface area contributed by atoms with E-state index in [1.807, 2.05) is 23.1 Å². The first-order chi connectivity index (χ1) is 32.4. The smallest absolute Gasteiger partial charge is 0.239 e. The van der Waals surface area contributed by atoms with Gasteiger partial charge in [0.2, 0.25) is 18.0 Å². The fraction of sp³-hybridized carbons (Fsp3) is 0.635. The zero-order valence-corrected chi connectivity index (χ0v) is 38.8. The van der Waals surface area contributed by atoms with Gasteiger partial charge in [0.15, 0.2) is 6.29 Å². The molecule has 3 N–H and O–H groups in total. The second-order valence-electron chi connectivity index (χ2n) is 18.4. The monoisotopic (exact) mass is 917 g/mol. The molecule has 0 spiro atoms. The molecule has 5 aliphatic rings. The molecule has 2 aromatic rings. The van der Waals surface area contributed by atoms with Gasteiger partial charge in [0.05, 0.1) is 57.3 Å². The van der Waals surface area contributed by atoms with Crippen molar-refractivity contribution in [1.82, 2.24) is 4.90 Å². The van der Waals surface area contributed by atoms with Crippen LogP contribution in [0.1, 0.15) is 125 Å². The number of aldehydes is 1. The maximum absolute atomic E-state index is 15.0. The summed E-state index contributed by atoms with van der Waals surface area (Å²) in [6, 6.07) is 10.2. The molecule has 14 heteroatoms. The van der Waals surface area contributed by atoms with Crippen LogP contribution in [0.3, 0.4) is 0 Å². The van der Waals surface area contributed by atoms with Crippen molar-refractivity contribution in [3.63, 3.8) is 0 Å². The van der Waals surface area contributed by atoms with E-state index < -0.39 is 24.0 Å². The number of carbonyl (C=O) groups excluding carboxylic acids is 2. The summed E-state index contributed by atoms with van der Waals surface area (Å²) in [4.78, 5) is 35.2. The minimum Gasteiger partial charge on any atom is -0.496 e. The summed E-state index contributed by atoms with van der Waals surface area (Å²) in [5.41, 5.74) is 2.91. The Bertz CT molecular complexity index is 1960. The lowest BCUT2D eigenvalue weighted by molar-refractivity contribution is -0.258. The van der Waals surface area contributed by atoms with E-state index in [1.165, 1.54) is 20.0 Å². The van der Waals surface area contributed by atoms with Crippen LogP contribution in [0.5, 0.6) is 23.0 Å². The first-order valence-corrected chi connectivity index (χ1v) is 24.5. The molecule has 7 rings (SSSR count). The van der Waals surface area contributed by atoms with Gasteiger partial charge in [-0.05, 0) is 105 Å². The lowest BCUT2D eigenvalue weighted by atomic mass is 9.55. The fourth-order valence-electron chi connectivity index (χ4n) is 11.2. The Balaban J connectivity index is 1.41. The second-order valence-corrected chi connectivity index (χ2v) is 18.4. The molecule has 2 heterocycles. The van der Waals surface area contributed by atoms with Crippen molar-refractivity contribution in [2.24, 2.45) is 28.8 Å². The Kier molecular flexibility index (Phi) is 18.5. The van der Waals surface area contributed by atoms with Crippen molar-refractivity contribution in [1.29, 1.82) is 0 Å². The van der Waals surface area contributed by atoms with Crippen LogP contribution in [0.25, 0.3) is 0 Å². The summed E-state index contributed by atoms with van der Waals surface area (Å²) in [5, 5.41) is 34.7. The molecule has 14 nitrogen and oxygen atoms in total. The van der Waals surface area contributed by atoms with Crippen LogP contribution in [-0.2, 0) is 23.8 Å². The Morgan fingerprint density at radius 3 is 2.44 bits per heavy atom. The van der Waals surface area contributed by atoms with Crippen molar-refractivity contribution in [3.8, 4) is 23.0 Å². The number of fused-ring (bicyclic) bond motifs is 2. The number of ether oxygens (including phenoxy) is 6. The number of oxime groups is 1. The fourth-order valence-corrected chi connectivity index (χ4v) is 11.2.